The van der Waals surface area contributed by atoms with Gasteiger partial charge in [0, 0.05) is 39.1 Å². The van der Waals surface area contributed by atoms with E-state index in [1.54, 1.807) is 31.2 Å². The van der Waals surface area contributed by atoms with Gasteiger partial charge in [0.1, 0.15) is 6.04 Å². The zero-order chi connectivity index (χ0) is 23.8. The number of anilines is 2. The molecule has 4 rings (SSSR count). The summed E-state index contributed by atoms with van der Waals surface area (Å²) in [5, 5.41) is 5.57. The van der Waals surface area contributed by atoms with Crippen LogP contribution in [-0.4, -0.2) is 31.2 Å². The Balaban J connectivity index is 1.71. The molecular weight excluding hydrogens is 458 g/mol. The van der Waals surface area contributed by atoms with Crippen LogP contribution >= 0.6 is 11.6 Å². The lowest BCUT2D eigenvalue weighted by atomic mass is 10.1. The first-order valence-electron chi connectivity index (χ1n) is 10.8. The van der Waals surface area contributed by atoms with Gasteiger partial charge in [-0.2, -0.15) is 0 Å². The molecule has 0 fully saturated rings. The highest BCUT2D eigenvalue weighted by molar-refractivity contribution is 7.92. The van der Waals surface area contributed by atoms with Crippen LogP contribution in [-0.2, 0) is 21.4 Å². The highest BCUT2D eigenvalue weighted by atomic mass is 35.5. The van der Waals surface area contributed by atoms with Crippen LogP contribution in [0.25, 0.3) is 21.8 Å². The molecule has 0 radical (unpaired) electrons. The summed E-state index contributed by atoms with van der Waals surface area (Å²) in [5.41, 5.74) is 3.23. The van der Waals surface area contributed by atoms with Crippen molar-refractivity contribution in [2.45, 2.75) is 32.9 Å². The molecule has 33 heavy (non-hydrogen) atoms. The summed E-state index contributed by atoms with van der Waals surface area (Å²) >= 11 is 5.97. The zero-order valence-electron chi connectivity index (χ0n) is 18.7. The molecule has 6 nitrogen and oxygen atoms in total. The van der Waals surface area contributed by atoms with Gasteiger partial charge in [-0.05, 0) is 61.9 Å². The van der Waals surface area contributed by atoms with Crippen LogP contribution in [0.2, 0.25) is 5.02 Å². The first-order valence-corrected chi connectivity index (χ1v) is 13.0. The number of benzene rings is 3. The SMILES string of the molecule is CCC(C(=O)Nc1ccc2c(c1)c1ccccc1n2CC)N(c1ccc(Cl)cc1)S(C)(=O)=O. The number of nitrogens with one attached hydrogen (secondary N) is 1. The molecule has 0 aliphatic heterocycles. The van der Waals surface area contributed by atoms with Crippen molar-refractivity contribution in [3.8, 4) is 0 Å². The predicted octanol–water partition coefficient (Wildman–Crippen LogP) is 5.65. The number of rotatable bonds is 7. The fourth-order valence-corrected chi connectivity index (χ4v) is 5.68. The molecule has 1 aromatic heterocycles. The highest BCUT2D eigenvalue weighted by Gasteiger charge is 2.31. The van der Waals surface area contributed by atoms with Crippen LogP contribution in [0.5, 0.6) is 0 Å². The summed E-state index contributed by atoms with van der Waals surface area (Å²) in [5.74, 6) is -0.392. The van der Waals surface area contributed by atoms with Crippen molar-refractivity contribution in [1.29, 1.82) is 0 Å². The number of hydrogen-bond acceptors (Lipinski definition) is 3. The Morgan fingerprint density at radius 3 is 2.30 bits per heavy atom. The lowest BCUT2D eigenvalue weighted by molar-refractivity contribution is -0.117. The van der Waals surface area contributed by atoms with Crippen molar-refractivity contribution in [1.82, 2.24) is 4.57 Å². The molecule has 0 spiro atoms. The first-order chi connectivity index (χ1) is 15.7. The van der Waals surface area contributed by atoms with Crippen LogP contribution in [0, 0.1) is 0 Å². The Kier molecular flexibility index (Phi) is 6.36. The molecule has 1 unspecified atom stereocenters. The zero-order valence-corrected chi connectivity index (χ0v) is 20.3. The third-order valence-corrected chi connectivity index (χ3v) is 7.20. The van der Waals surface area contributed by atoms with E-state index in [-0.39, 0.29) is 0 Å². The number of sulfonamides is 1. The average Bonchev–Trinajstić information content (AvgIpc) is 3.10. The number of aromatic nitrogens is 1. The van der Waals surface area contributed by atoms with Crippen molar-refractivity contribution < 1.29 is 13.2 Å². The van der Waals surface area contributed by atoms with Crippen molar-refractivity contribution in [2.75, 3.05) is 15.9 Å². The quantitative estimate of drug-likeness (QED) is 0.369. The molecule has 1 heterocycles. The van der Waals surface area contributed by atoms with Crippen LogP contribution < -0.4 is 9.62 Å². The molecule has 4 aromatic rings. The number of amides is 1. The molecular formula is C25H26ClN3O3S. The van der Waals surface area contributed by atoms with Gasteiger partial charge in [-0.25, -0.2) is 8.42 Å². The van der Waals surface area contributed by atoms with E-state index in [9.17, 15) is 13.2 Å². The smallest absolute Gasteiger partial charge is 0.248 e. The van der Waals surface area contributed by atoms with Gasteiger partial charge in [0.05, 0.1) is 11.9 Å². The number of hydrogen-bond donors (Lipinski definition) is 1. The fourth-order valence-electron chi connectivity index (χ4n) is 4.35. The molecule has 0 saturated heterocycles. The number of para-hydroxylation sites is 1. The van der Waals surface area contributed by atoms with Gasteiger partial charge in [-0.3, -0.25) is 9.10 Å². The molecule has 1 amide bonds. The monoisotopic (exact) mass is 483 g/mol. The van der Waals surface area contributed by atoms with E-state index in [4.69, 9.17) is 11.6 Å². The summed E-state index contributed by atoms with van der Waals surface area (Å²) in [6.45, 7) is 4.72. The van der Waals surface area contributed by atoms with E-state index in [0.717, 1.165) is 38.9 Å². The second-order valence-corrected chi connectivity index (χ2v) is 10.2. The third kappa shape index (κ3) is 4.43. The first kappa shape index (κ1) is 23.1. The summed E-state index contributed by atoms with van der Waals surface area (Å²) < 4.78 is 28.7. The molecule has 8 heteroatoms. The maximum absolute atomic E-state index is 13.3. The Morgan fingerprint density at radius 2 is 1.67 bits per heavy atom. The van der Waals surface area contributed by atoms with Crippen molar-refractivity contribution >= 4 is 60.7 Å². The number of halogens is 1. The summed E-state index contributed by atoms with van der Waals surface area (Å²) in [6.07, 6.45) is 1.40. The molecule has 0 bridgehead atoms. The third-order valence-electron chi connectivity index (χ3n) is 5.77. The molecule has 0 aliphatic carbocycles. The van der Waals surface area contributed by atoms with Gasteiger partial charge in [0.25, 0.3) is 0 Å². The van der Waals surface area contributed by atoms with Gasteiger partial charge >= 0.3 is 0 Å². The largest absolute Gasteiger partial charge is 0.341 e. The fraction of sp³-hybridized carbons (Fsp3) is 0.240. The molecule has 1 N–H and O–H groups in total. The van der Waals surface area contributed by atoms with E-state index in [0.29, 0.717) is 22.8 Å². The minimum absolute atomic E-state index is 0.304. The second-order valence-electron chi connectivity index (χ2n) is 7.94. The van der Waals surface area contributed by atoms with E-state index < -0.39 is 22.0 Å². The highest BCUT2D eigenvalue weighted by Crippen LogP contribution is 2.31. The van der Waals surface area contributed by atoms with Gasteiger partial charge in [-0.15, -0.1) is 0 Å². The lowest BCUT2D eigenvalue weighted by Gasteiger charge is -2.30. The minimum atomic E-state index is -3.72. The maximum Gasteiger partial charge on any atom is 0.248 e. The maximum atomic E-state index is 13.3. The number of fused-ring (bicyclic) bond motifs is 3. The van der Waals surface area contributed by atoms with E-state index in [1.807, 2.05) is 30.3 Å². The normalized spacial score (nSPS) is 12.7. The molecule has 1 atom stereocenters. The Morgan fingerprint density at radius 1 is 1.00 bits per heavy atom. The molecule has 172 valence electrons. The molecule has 0 saturated carbocycles. The van der Waals surface area contributed by atoms with Crippen molar-refractivity contribution in [3.05, 3.63) is 71.8 Å². The second kappa shape index (κ2) is 9.08. The van der Waals surface area contributed by atoms with Crippen LogP contribution in [0.3, 0.4) is 0 Å². The van der Waals surface area contributed by atoms with Crippen molar-refractivity contribution in [2.24, 2.45) is 0 Å². The van der Waals surface area contributed by atoms with E-state index >= 15 is 0 Å². The van der Waals surface area contributed by atoms with Gasteiger partial charge in [0.2, 0.25) is 15.9 Å². The Bertz CT molecular complexity index is 1430. The summed E-state index contributed by atoms with van der Waals surface area (Å²) in [4.78, 5) is 13.3. The van der Waals surface area contributed by atoms with Crippen LogP contribution in [0.15, 0.2) is 66.7 Å². The number of carbonyl (C=O) groups is 1. The number of aryl methyl sites for hydroxylation is 1. The van der Waals surface area contributed by atoms with E-state index in [2.05, 4.69) is 28.9 Å². The van der Waals surface area contributed by atoms with Crippen LogP contribution in [0.1, 0.15) is 20.3 Å². The van der Waals surface area contributed by atoms with Crippen LogP contribution in [0.4, 0.5) is 11.4 Å². The summed E-state index contributed by atoms with van der Waals surface area (Å²) in [7, 11) is -3.72. The Labute approximate surface area is 198 Å². The summed E-state index contributed by atoms with van der Waals surface area (Å²) in [6, 6.07) is 19.5. The molecule has 0 aliphatic rings. The average molecular weight is 484 g/mol. The number of nitrogens with zero attached hydrogens (tertiary/aromatic N) is 2. The molecule has 3 aromatic carbocycles. The topological polar surface area (TPSA) is 71.4 Å². The standard InChI is InChI=1S/C25H26ClN3O3S/c1-4-22(29(33(3,31)32)19-13-10-17(26)11-14-19)25(30)27-18-12-15-24-21(16-18)20-8-6-7-9-23(20)28(24)5-2/h6-16,22H,4-5H2,1-3H3,(H,27,30). The minimum Gasteiger partial charge on any atom is -0.341 e. The van der Waals surface area contributed by atoms with Crippen molar-refractivity contribution in [3.63, 3.8) is 0 Å². The Hall–Kier alpha value is -3.03. The van der Waals surface area contributed by atoms with E-state index in [1.165, 1.54) is 0 Å². The number of carbonyl (C=O) groups excluding carboxylic acids is 1. The lowest BCUT2D eigenvalue weighted by Crippen LogP contribution is -2.46. The van der Waals surface area contributed by atoms with Gasteiger partial charge < -0.3 is 9.88 Å². The van der Waals surface area contributed by atoms with Gasteiger partial charge in [-0.1, -0.05) is 36.7 Å². The predicted molar refractivity (Wildman–Crippen MR) is 137 cm³/mol. The van der Waals surface area contributed by atoms with Gasteiger partial charge in [0.15, 0.2) is 0 Å².